The van der Waals surface area contributed by atoms with Gasteiger partial charge in [0.1, 0.15) is 18.8 Å². The number of quaternary nitrogens is 1. The van der Waals surface area contributed by atoms with E-state index in [0.717, 1.165) is 22.4 Å². The molecule has 1 aliphatic rings. The van der Waals surface area contributed by atoms with Gasteiger partial charge in [-0.1, -0.05) is 30.3 Å². The number of amides is 1. The number of hydrogen-bond acceptors (Lipinski definition) is 4. The van der Waals surface area contributed by atoms with Gasteiger partial charge in [0.05, 0.1) is 36.9 Å². The van der Waals surface area contributed by atoms with E-state index in [0.29, 0.717) is 24.3 Å². The van der Waals surface area contributed by atoms with Gasteiger partial charge in [-0.05, 0) is 35.4 Å². The summed E-state index contributed by atoms with van der Waals surface area (Å²) in [6, 6.07) is 19.5. The number of carbonyl (C=O) groups excluding carboxylic acids is 1. The Hall–Kier alpha value is -3.23. The molecule has 0 saturated carbocycles. The topological polar surface area (TPSA) is 84.9 Å². The number of H-pyrrole nitrogens is 1. The minimum absolute atomic E-state index is 0. The minimum atomic E-state index is -0.552. The van der Waals surface area contributed by atoms with E-state index in [4.69, 9.17) is 0 Å². The molecule has 1 atom stereocenters. The lowest BCUT2D eigenvalue weighted by atomic mass is 10.0. The number of nitrogens with zero attached hydrogens (tertiary/aromatic N) is 4. The summed E-state index contributed by atoms with van der Waals surface area (Å²) in [5.74, 6) is -0.121. The molecule has 0 fully saturated rings. The molecule has 0 radical (unpaired) electrons. The molecule has 1 aliphatic heterocycles. The summed E-state index contributed by atoms with van der Waals surface area (Å²) in [5.41, 5.74) is 4.92. The van der Waals surface area contributed by atoms with Crippen molar-refractivity contribution in [3.05, 3.63) is 108 Å². The van der Waals surface area contributed by atoms with E-state index in [1.165, 1.54) is 0 Å². The van der Waals surface area contributed by atoms with Gasteiger partial charge >= 0.3 is 0 Å². The van der Waals surface area contributed by atoms with Gasteiger partial charge in [-0.15, -0.1) is 24.8 Å². The maximum absolute atomic E-state index is 14.1. The van der Waals surface area contributed by atoms with Crippen molar-refractivity contribution >= 4 is 36.4 Å². The molecule has 2 aromatic heterocycles. The van der Waals surface area contributed by atoms with Crippen LogP contribution in [0.3, 0.4) is 0 Å². The third-order valence-electron chi connectivity index (χ3n) is 5.89. The monoisotopic (exact) mass is 497 g/mol. The summed E-state index contributed by atoms with van der Waals surface area (Å²) in [7, 11) is 0. The lowest BCUT2D eigenvalue weighted by Gasteiger charge is -2.41. The number of aromatic amines is 1. The predicted molar refractivity (Wildman–Crippen MR) is 138 cm³/mol. The summed E-state index contributed by atoms with van der Waals surface area (Å²) in [5, 5.41) is 14.1. The van der Waals surface area contributed by atoms with E-state index in [-0.39, 0.29) is 43.8 Å². The van der Waals surface area contributed by atoms with Crippen molar-refractivity contribution in [3.63, 3.8) is 0 Å². The molecule has 3 heterocycles. The first-order valence-corrected chi connectivity index (χ1v) is 10.6. The second-order valence-electron chi connectivity index (χ2n) is 8.03. The summed E-state index contributed by atoms with van der Waals surface area (Å²) >= 11 is 0. The third kappa shape index (κ3) is 5.13. The first kappa shape index (κ1) is 25.4. The number of benzene rings is 2. The minimum Gasteiger partial charge on any atom is -0.627 e. The Morgan fingerprint density at radius 1 is 1.00 bits per heavy atom. The fraction of sp³-hybridized carbons (Fsp3) is 0.160. The van der Waals surface area contributed by atoms with Crippen molar-refractivity contribution in [2.45, 2.75) is 13.1 Å². The lowest BCUT2D eigenvalue weighted by Crippen LogP contribution is -2.46. The highest BCUT2D eigenvalue weighted by Crippen LogP contribution is 2.35. The molecule has 0 spiro atoms. The van der Waals surface area contributed by atoms with Crippen LogP contribution in [0, 0.1) is 5.21 Å². The number of nitrogens with one attached hydrogen (secondary N) is 1. The van der Waals surface area contributed by atoms with Crippen LogP contribution >= 0.6 is 24.8 Å². The Bertz CT molecular complexity index is 1220. The molecule has 34 heavy (non-hydrogen) atoms. The van der Waals surface area contributed by atoms with Crippen molar-refractivity contribution in [2.75, 3.05) is 13.1 Å². The molecule has 7 nitrogen and oxygen atoms in total. The SMILES string of the molecule is Cl.Cl.O=C(c1cccnc1)N1CC[N+]([O-])(Cc2cnc[nH]2)c2ccc(-c3ccccc3)cc2C1. The molecule has 1 unspecified atom stereocenters. The van der Waals surface area contributed by atoms with Crippen molar-refractivity contribution in [2.24, 2.45) is 0 Å². The fourth-order valence-electron chi connectivity index (χ4n) is 4.26. The number of rotatable bonds is 4. The van der Waals surface area contributed by atoms with Crippen molar-refractivity contribution in [1.29, 1.82) is 0 Å². The molecule has 0 bridgehead atoms. The molecule has 2 aromatic carbocycles. The van der Waals surface area contributed by atoms with Crippen LogP contribution in [0.25, 0.3) is 11.1 Å². The summed E-state index contributed by atoms with van der Waals surface area (Å²) in [6.45, 7) is 1.20. The zero-order chi connectivity index (χ0) is 22.0. The zero-order valence-electron chi connectivity index (χ0n) is 18.3. The van der Waals surface area contributed by atoms with E-state index in [2.05, 4.69) is 15.0 Å². The van der Waals surface area contributed by atoms with Crippen molar-refractivity contribution in [3.8, 4) is 11.1 Å². The van der Waals surface area contributed by atoms with E-state index >= 15 is 0 Å². The Kier molecular flexibility index (Phi) is 8.06. The van der Waals surface area contributed by atoms with Gasteiger partial charge in [-0.2, -0.15) is 0 Å². The Morgan fingerprint density at radius 2 is 1.82 bits per heavy atom. The van der Waals surface area contributed by atoms with Gasteiger partial charge < -0.3 is 19.7 Å². The maximum Gasteiger partial charge on any atom is 0.255 e. The van der Waals surface area contributed by atoms with E-state index in [9.17, 15) is 10.0 Å². The summed E-state index contributed by atoms with van der Waals surface area (Å²) in [6.07, 6.45) is 6.47. The maximum atomic E-state index is 14.1. The highest BCUT2D eigenvalue weighted by Gasteiger charge is 2.32. The Labute approximate surface area is 210 Å². The van der Waals surface area contributed by atoms with Gasteiger partial charge in [0.2, 0.25) is 0 Å². The van der Waals surface area contributed by atoms with Crippen LogP contribution in [0.4, 0.5) is 5.69 Å². The van der Waals surface area contributed by atoms with Crippen LogP contribution in [-0.4, -0.2) is 38.8 Å². The largest absolute Gasteiger partial charge is 0.627 e. The van der Waals surface area contributed by atoms with Crippen LogP contribution in [0.1, 0.15) is 21.6 Å². The van der Waals surface area contributed by atoms with E-state index in [1.807, 2.05) is 48.5 Å². The number of fused-ring (bicyclic) bond motifs is 1. The highest BCUT2D eigenvalue weighted by molar-refractivity contribution is 5.94. The second-order valence-corrected chi connectivity index (χ2v) is 8.03. The average Bonchev–Trinajstić information content (AvgIpc) is 3.30. The smallest absolute Gasteiger partial charge is 0.255 e. The first-order valence-electron chi connectivity index (χ1n) is 10.6. The quantitative estimate of drug-likeness (QED) is 0.318. The average molecular weight is 498 g/mol. The van der Waals surface area contributed by atoms with Crippen LogP contribution < -0.4 is 4.65 Å². The van der Waals surface area contributed by atoms with E-state index < -0.39 is 4.65 Å². The molecule has 5 rings (SSSR count). The second kappa shape index (κ2) is 10.8. The predicted octanol–water partition coefficient (Wildman–Crippen LogP) is 4.98. The van der Waals surface area contributed by atoms with Crippen LogP contribution in [-0.2, 0) is 13.1 Å². The number of aromatic nitrogens is 3. The van der Waals surface area contributed by atoms with Crippen LogP contribution in [0.15, 0.2) is 85.6 Å². The number of hydrogen-bond donors (Lipinski definition) is 1. The van der Waals surface area contributed by atoms with Gasteiger partial charge in [0.15, 0.2) is 0 Å². The molecule has 1 amide bonds. The van der Waals surface area contributed by atoms with Gasteiger partial charge in [-0.3, -0.25) is 9.78 Å². The van der Waals surface area contributed by atoms with Crippen molar-refractivity contribution < 1.29 is 4.79 Å². The third-order valence-corrected chi connectivity index (χ3v) is 5.89. The molecule has 4 aromatic rings. The normalized spacial score (nSPS) is 17.0. The van der Waals surface area contributed by atoms with Gasteiger partial charge in [0.25, 0.3) is 5.91 Å². The zero-order valence-corrected chi connectivity index (χ0v) is 20.0. The molecule has 1 N–H and O–H groups in total. The summed E-state index contributed by atoms with van der Waals surface area (Å²) in [4.78, 5) is 26.1. The van der Waals surface area contributed by atoms with Crippen LogP contribution in [0.5, 0.6) is 0 Å². The first-order chi connectivity index (χ1) is 15.6. The van der Waals surface area contributed by atoms with Gasteiger partial charge in [0, 0.05) is 24.0 Å². The number of hydroxylamine groups is 2. The lowest BCUT2D eigenvalue weighted by molar-refractivity contribution is 0.0741. The van der Waals surface area contributed by atoms with Crippen LogP contribution in [0.2, 0.25) is 0 Å². The van der Waals surface area contributed by atoms with Crippen molar-refractivity contribution in [1.82, 2.24) is 24.5 Å². The molecular weight excluding hydrogens is 473 g/mol. The molecule has 9 heteroatoms. The molecule has 176 valence electrons. The number of carbonyl (C=O) groups is 1. The molecule has 0 aliphatic carbocycles. The Morgan fingerprint density at radius 3 is 2.53 bits per heavy atom. The Balaban J connectivity index is 0.00000162. The fourth-order valence-corrected chi connectivity index (χ4v) is 4.26. The summed E-state index contributed by atoms with van der Waals surface area (Å²) < 4.78 is -0.552. The van der Waals surface area contributed by atoms with Gasteiger partial charge in [-0.25, -0.2) is 4.98 Å². The molecular formula is C25H25Cl2N5O2. The molecule has 0 saturated heterocycles. The number of imidazole rings is 1. The number of halogens is 2. The van der Waals surface area contributed by atoms with E-state index in [1.54, 1.807) is 42.0 Å². The number of pyridine rings is 1. The standard InChI is InChI=1S/C25H23N5O2.2ClH/c31-25(21-7-4-10-26-14-21)29-11-12-30(32,17-23-15-27-18-28-23)24-9-8-20(13-22(24)16-29)19-5-2-1-3-6-19;;/h1-10,13-15,18H,11-12,16-17H2,(H,27,28);2*1H. The highest BCUT2D eigenvalue weighted by atomic mass is 35.5.